The van der Waals surface area contributed by atoms with Crippen LogP contribution in [-0.4, -0.2) is 38.4 Å². The lowest BCUT2D eigenvalue weighted by Crippen LogP contribution is -2.39. The van der Waals surface area contributed by atoms with Crippen LogP contribution in [0.2, 0.25) is 0 Å². The minimum absolute atomic E-state index is 0.193. The zero-order valence-corrected chi connectivity index (χ0v) is 13.0. The first-order chi connectivity index (χ1) is 9.04. The van der Waals surface area contributed by atoms with E-state index < -0.39 is 16.2 Å². The van der Waals surface area contributed by atoms with Gasteiger partial charge in [0, 0.05) is 11.5 Å². The molecule has 1 aliphatic heterocycles. The third-order valence-electron chi connectivity index (χ3n) is 2.57. The van der Waals surface area contributed by atoms with Gasteiger partial charge in [-0.15, -0.1) is 0 Å². The highest BCUT2D eigenvalue weighted by Gasteiger charge is 2.30. The molecule has 1 aromatic carbocycles. The lowest BCUT2D eigenvalue weighted by atomic mass is 10.2. The van der Waals surface area contributed by atoms with Crippen molar-refractivity contribution in [1.29, 1.82) is 0 Å². The highest BCUT2D eigenvalue weighted by molar-refractivity contribution is 8.76. The molecule has 1 aliphatic rings. The second kappa shape index (κ2) is 6.99. The molecule has 19 heavy (non-hydrogen) atoms. The average molecular weight is 320 g/mol. The van der Waals surface area contributed by atoms with E-state index >= 15 is 0 Å². The SMILES string of the molecule is CS(=O)(=O)O[C@H]1CSSCC1OCc1ccccc1. The molecule has 1 unspecified atom stereocenters. The van der Waals surface area contributed by atoms with E-state index in [0.29, 0.717) is 12.4 Å². The Labute approximate surface area is 121 Å². The molecule has 0 saturated carbocycles. The van der Waals surface area contributed by atoms with Crippen LogP contribution in [0.25, 0.3) is 0 Å². The fraction of sp³-hybridized carbons (Fsp3) is 0.500. The lowest BCUT2D eigenvalue weighted by molar-refractivity contribution is -0.00956. The van der Waals surface area contributed by atoms with Gasteiger partial charge in [-0.25, -0.2) is 0 Å². The standard InChI is InChI=1S/C12H16O4S3/c1-19(13,14)16-12-9-18-17-8-11(12)15-7-10-5-3-2-4-6-10/h2-6,11-12H,7-9H2,1H3/t11?,12-/m0/s1. The monoisotopic (exact) mass is 320 g/mol. The molecule has 0 radical (unpaired) electrons. The van der Waals surface area contributed by atoms with E-state index in [1.165, 1.54) is 0 Å². The number of rotatable bonds is 5. The van der Waals surface area contributed by atoms with Gasteiger partial charge in [0.25, 0.3) is 10.1 Å². The molecule has 1 saturated heterocycles. The Morgan fingerprint density at radius 1 is 1.16 bits per heavy atom. The van der Waals surface area contributed by atoms with Crippen LogP contribution in [0.15, 0.2) is 30.3 Å². The number of hydrogen-bond acceptors (Lipinski definition) is 6. The van der Waals surface area contributed by atoms with E-state index in [2.05, 4.69) is 0 Å². The molecule has 4 nitrogen and oxygen atoms in total. The first kappa shape index (κ1) is 15.2. The topological polar surface area (TPSA) is 52.6 Å². The van der Waals surface area contributed by atoms with Gasteiger partial charge < -0.3 is 4.74 Å². The summed E-state index contributed by atoms with van der Waals surface area (Å²) in [4.78, 5) is 0. The first-order valence-corrected chi connectivity index (χ1v) is 10.1. The molecule has 2 atom stereocenters. The summed E-state index contributed by atoms with van der Waals surface area (Å²) >= 11 is 0. The van der Waals surface area contributed by atoms with Gasteiger partial charge in [0.2, 0.25) is 0 Å². The van der Waals surface area contributed by atoms with E-state index in [1.54, 1.807) is 21.6 Å². The van der Waals surface area contributed by atoms with Gasteiger partial charge in [-0.1, -0.05) is 51.9 Å². The Balaban J connectivity index is 1.92. The molecule has 0 N–H and O–H groups in total. The van der Waals surface area contributed by atoms with Crippen LogP contribution in [0.4, 0.5) is 0 Å². The minimum atomic E-state index is -3.44. The second-order valence-corrected chi connectivity index (χ2v) is 8.40. The molecule has 0 aromatic heterocycles. The van der Waals surface area contributed by atoms with E-state index in [9.17, 15) is 8.42 Å². The van der Waals surface area contributed by atoms with Crippen LogP contribution in [-0.2, 0) is 25.6 Å². The molecule has 0 spiro atoms. The van der Waals surface area contributed by atoms with Crippen LogP contribution in [0.1, 0.15) is 5.56 Å². The third kappa shape index (κ3) is 5.35. The Kier molecular flexibility index (Phi) is 5.58. The number of hydrogen-bond donors (Lipinski definition) is 0. The molecular weight excluding hydrogens is 304 g/mol. The molecule has 1 heterocycles. The molecule has 0 aliphatic carbocycles. The smallest absolute Gasteiger partial charge is 0.264 e. The zero-order chi connectivity index (χ0) is 13.7. The van der Waals surface area contributed by atoms with Crippen molar-refractivity contribution in [3.8, 4) is 0 Å². The summed E-state index contributed by atoms with van der Waals surface area (Å²) in [5.74, 6) is 1.36. The van der Waals surface area contributed by atoms with Gasteiger partial charge in [-0.3, -0.25) is 4.18 Å². The fourth-order valence-electron chi connectivity index (χ4n) is 1.69. The van der Waals surface area contributed by atoms with E-state index in [0.717, 1.165) is 17.6 Å². The van der Waals surface area contributed by atoms with Crippen LogP contribution in [0, 0.1) is 0 Å². The Morgan fingerprint density at radius 3 is 2.42 bits per heavy atom. The highest BCUT2D eigenvalue weighted by Crippen LogP contribution is 2.33. The van der Waals surface area contributed by atoms with Crippen molar-refractivity contribution in [2.75, 3.05) is 17.8 Å². The lowest BCUT2D eigenvalue weighted by Gasteiger charge is -2.29. The minimum Gasteiger partial charge on any atom is -0.370 e. The van der Waals surface area contributed by atoms with Crippen molar-refractivity contribution in [3.05, 3.63) is 35.9 Å². The summed E-state index contributed by atoms with van der Waals surface area (Å²) in [6.07, 6.45) is 0.486. The Hall–Kier alpha value is -0.210. The number of benzene rings is 1. The Bertz CT molecular complexity index is 489. The fourth-order valence-corrected chi connectivity index (χ4v) is 4.86. The van der Waals surface area contributed by atoms with Crippen LogP contribution in [0.5, 0.6) is 0 Å². The summed E-state index contributed by atoms with van der Waals surface area (Å²) in [7, 11) is -0.141. The van der Waals surface area contributed by atoms with Gasteiger partial charge in [0.05, 0.1) is 19.0 Å². The van der Waals surface area contributed by atoms with Crippen molar-refractivity contribution in [1.82, 2.24) is 0 Å². The van der Waals surface area contributed by atoms with Crippen LogP contribution < -0.4 is 0 Å². The van der Waals surface area contributed by atoms with Crippen LogP contribution >= 0.6 is 21.6 Å². The molecule has 0 bridgehead atoms. The van der Waals surface area contributed by atoms with E-state index in [-0.39, 0.29) is 6.10 Å². The highest BCUT2D eigenvalue weighted by atomic mass is 33.1. The quantitative estimate of drug-likeness (QED) is 0.613. The van der Waals surface area contributed by atoms with Gasteiger partial charge in [0.1, 0.15) is 6.10 Å². The van der Waals surface area contributed by atoms with Gasteiger partial charge in [-0.05, 0) is 5.56 Å². The number of ether oxygens (including phenoxy) is 1. The molecule has 106 valence electrons. The zero-order valence-electron chi connectivity index (χ0n) is 10.5. The molecule has 2 rings (SSSR count). The first-order valence-electron chi connectivity index (χ1n) is 5.83. The maximum atomic E-state index is 11.2. The van der Waals surface area contributed by atoms with Crippen molar-refractivity contribution >= 4 is 31.7 Å². The second-order valence-electron chi connectivity index (χ2n) is 4.24. The van der Waals surface area contributed by atoms with Crippen molar-refractivity contribution < 1.29 is 17.3 Å². The predicted molar refractivity (Wildman–Crippen MR) is 79.7 cm³/mol. The van der Waals surface area contributed by atoms with Crippen molar-refractivity contribution in [3.63, 3.8) is 0 Å². The largest absolute Gasteiger partial charge is 0.370 e. The molecular formula is C12H16O4S3. The molecule has 7 heteroatoms. The maximum Gasteiger partial charge on any atom is 0.264 e. The predicted octanol–water partition coefficient (Wildman–Crippen LogP) is 2.31. The summed E-state index contributed by atoms with van der Waals surface area (Å²) in [6.45, 7) is 0.473. The average Bonchev–Trinajstić information content (AvgIpc) is 2.37. The molecule has 1 aromatic rings. The van der Waals surface area contributed by atoms with Crippen molar-refractivity contribution in [2.24, 2.45) is 0 Å². The maximum absolute atomic E-state index is 11.2. The molecule has 0 amide bonds. The van der Waals surface area contributed by atoms with Gasteiger partial charge in [-0.2, -0.15) is 8.42 Å². The van der Waals surface area contributed by atoms with Crippen LogP contribution in [0.3, 0.4) is 0 Å². The van der Waals surface area contributed by atoms with E-state index in [4.69, 9.17) is 8.92 Å². The third-order valence-corrected chi connectivity index (χ3v) is 5.58. The summed E-state index contributed by atoms with van der Waals surface area (Å²) in [5.41, 5.74) is 1.07. The molecule has 1 fully saturated rings. The summed E-state index contributed by atoms with van der Waals surface area (Å²) < 4.78 is 33.3. The van der Waals surface area contributed by atoms with Gasteiger partial charge >= 0.3 is 0 Å². The summed E-state index contributed by atoms with van der Waals surface area (Å²) in [6, 6.07) is 9.82. The van der Waals surface area contributed by atoms with Gasteiger partial charge in [0.15, 0.2) is 0 Å². The van der Waals surface area contributed by atoms with Crippen molar-refractivity contribution in [2.45, 2.75) is 18.8 Å². The Morgan fingerprint density at radius 2 is 1.79 bits per heavy atom. The summed E-state index contributed by atoms with van der Waals surface area (Å²) in [5, 5.41) is 0. The normalized spacial score (nSPS) is 24.3. The van der Waals surface area contributed by atoms with E-state index in [1.807, 2.05) is 30.3 Å².